The second-order valence-electron chi connectivity index (χ2n) is 8.43. The van der Waals surface area contributed by atoms with Crippen LogP contribution in [0.3, 0.4) is 0 Å². The van der Waals surface area contributed by atoms with Gasteiger partial charge in [0, 0.05) is 31.4 Å². The van der Waals surface area contributed by atoms with Crippen molar-refractivity contribution >= 4 is 29.9 Å². The third-order valence-electron chi connectivity index (χ3n) is 4.96. The Morgan fingerprint density at radius 3 is 2.29 bits per heavy atom. The second kappa shape index (κ2) is 15.6. The van der Waals surface area contributed by atoms with Gasteiger partial charge in [-0.1, -0.05) is 0 Å². The summed E-state index contributed by atoms with van der Waals surface area (Å²) >= 11 is 0. The van der Waals surface area contributed by atoms with Crippen molar-refractivity contribution in [3.8, 4) is 6.07 Å². The molecular formula is C21H39BN2O9P2. The van der Waals surface area contributed by atoms with Gasteiger partial charge in [0.05, 0.1) is 44.5 Å². The van der Waals surface area contributed by atoms with Gasteiger partial charge in [0.25, 0.3) is 8.53 Å². The molecule has 1 saturated heterocycles. The Bertz CT molecular complexity index is 722. The molecule has 1 aliphatic heterocycles. The maximum atomic E-state index is 13.2. The van der Waals surface area contributed by atoms with E-state index in [-0.39, 0.29) is 44.7 Å². The molecule has 0 aromatic carbocycles. The van der Waals surface area contributed by atoms with Crippen molar-refractivity contribution in [3.05, 3.63) is 0 Å². The number of esters is 1. The summed E-state index contributed by atoms with van der Waals surface area (Å²) < 4.78 is 49.0. The van der Waals surface area contributed by atoms with Crippen molar-refractivity contribution in [2.75, 3.05) is 19.8 Å². The van der Waals surface area contributed by atoms with Crippen LogP contribution < -0.4 is 0 Å². The fourth-order valence-corrected chi connectivity index (χ4v) is 7.14. The van der Waals surface area contributed by atoms with Crippen molar-refractivity contribution in [3.63, 3.8) is 0 Å². The Kier molecular flexibility index (Phi) is 14.5. The van der Waals surface area contributed by atoms with Gasteiger partial charge in [-0.05, 0) is 41.5 Å². The van der Waals surface area contributed by atoms with Crippen molar-refractivity contribution in [2.24, 2.45) is 0 Å². The van der Waals surface area contributed by atoms with Crippen molar-refractivity contribution in [1.82, 2.24) is 4.67 Å². The van der Waals surface area contributed by atoms with Crippen LogP contribution in [-0.4, -0.2) is 85.7 Å². The number of hydrogen-bond acceptors (Lipinski definition) is 11. The number of aliphatic hydroxyl groups excluding tert-OH is 1. The summed E-state index contributed by atoms with van der Waals surface area (Å²) in [4.78, 5) is 11.8. The summed E-state index contributed by atoms with van der Waals surface area (Å²) in [6, 6.07) is 1.27. The molecule has 14 heteroatoms. The van der Waals surface area contributed by atoms with E-state index in [2.05, 4.69) is 0 Å². The Balaban J connectivity index is 3.14. The summed E-state index contributed by atoms with van der Waals surface area (Å²) in [5.74, 6) is -2.50. The molecule has 3 unspecified atom stereocenters. The third-order valence-corrected chi connectivity index (χ3v) is 9.29. The van der Waals surface area contributed by atoms with E-state index < -0.39 is 52.3 Å². The van der Waals surface area contributed by atoms with Crippen LogP contribution in [0, 0.1) is 11.3 Å². The number of carbonyl (C=O) groups excluding carboxylic acids is 1. The molecule has 1 rings (SSSR count). The topological polar surface area (TPSA) is 137 Å². The van der Waals surface area contributed by atoms with Crippen LogP contribution in [0.2, 0.25) is 0 Å². The molecule has 0 amide bonds. The molecule has 200 valence electrons. The van der Waals surface area contributed by atoms with Crippen LogP contribution in [0.15, 0.2) is 0 Å². The molecule has 6 atom stereocenters. The maximum absolute atomic E-state index is 13.2. The van der Waals surface area contributed by atoms with Gasteiger partial charge in [-0.25, -0.2) is 4.67 Å². The van der Waals surface area contributed by atoms with E-state index >= 15 is 0 Å². The van der Waals surface area contributed by atoms with Crippen LogP contribution in [0.4, 0.5) is 0 Å². The number of aliphatic hydroxyl groups is 1. The zero-order valence-corrected chi connectivity index (χ0v) is 23.4. The smallest absolute Gasteiger partial charge is 0.362 e. The number of hydrogen-bond donors (Lipinski definition) is 1. The van der Waals surface area contributed by atoms with Crippen molar-refractivity contribution in [1.29, 1.82) is 5.26 Å². The molecule has 35 heavy (non-hydrogen) atoms. The average molecular weight is 536 g/mol. The molecule has 0 bridgehead atoms. The van der Waals surface area contributed by atoms with Crippen molar-refractivity contribution < 1.29 is 42.0 Å². The summed E-state index contributed by atoms with van der Waals surface area (Å²) in [6.45, 7) is 12.6. The highest BCUT2D eigenvalue weighted by Crippen LogP contribution is 2.55. The summed E-state index contributed by atoms with van der Waals surface area (Å²) in [5.41, 5.74) is 0. The maximum Gasteiger partial charge on any atom is 0.362 e. The first-order valence-electron chi connectivity index (χ1n) is 11.8. The minimum Gasteiger partial charge on any atom is -0.456 e. The highest BCUT2D eigenvalue weighted by molar-refractivity contribution is 7.54. The van der Waals surface area contributed by atoms with Crippen LogP contribution in [0.25, 0.3) is 0 Å². The predicted molar refractivity (Wildman–Crippen MR) is 132 cm³/mol. The van der Waals surface area contributed by atoms with E-state index in [0.717, 1.165) is 0 Å². The van der Waals surface area contributed by atoms with Gasteiger partial charge in [-0.3, -0.25) is 9.36 Å². The SMILES string of the molecule is [B][C@@H]1O[C@H](C(OC(C)=O)C(O)P(=O)(OCC)OCC)C[C@@H]1OP(OCCC#N)N(C(C)C)C(C)C. The lowest BCUT2D eigenvalue weighted by Gasteiger charge is -2.37. The molecule has 1 N–H and O–H groups in total. The van der Waals surface area contributed by atoms with Crippen LogP contribution >= 0.6 is 16.1 Å². The van der Waals surface area contributed by atoms with E-state index in [1.807, 2.05) is 38.4 Å². The molecule has 11 nitrogen and oxygen atoms in total. The molecule has 1 heterocycles. The molecule has 0 aliphatic carbocycles. The molecule has 0 aromatic heterocycles. The van der Waals surface area contributed by atoms with Gasteiger partial charge < -0.3 is 32.7 Å². The lowest BCUT2D eigenvalue weighted by molar-refractivity contribution is -0.159. The number of nitriles is 1. The zero-order chi connectivity index (χ0) is 26.8. The summed E-state index contributed by atoms with van der Waals surface area (Å²) in [6.07, 6.45) is -2.66. The second-order valence-corrected chi connectivity index (χ2v) is 12.0. The van der Waals surface area contributed by atoms with Crippen LogP contribution in [0.5, 0.6) is 0 Å². The predicted octanol–water partition coefficient (Wildman–Crippen LogP) is 3.45. The lowest BCUT2D eigenvalue weighted by Crippen LogP contribution is -2.41. The Morgan fingerprint density at radius 2 is 1.83 bits per heavy atom. The minimum atomic E-state index is -4.05. The third kappa shape index (κ3) is 9.66. The van der Waals surface area contributed by atoms with Gasteiger partial charge in [0.1, 0.15) is 7.85 Å². The molecule has 0 saturated carbocycles. The number of nitrogens with zero attached hydrogens (tertiary/aromatic N) is 2. The number of carbonyl (C=O) groups is 1. The Hall–Kier alpha value is -0.595. The molecular weight excluding hydrogens is 497 g/mol. The number of rotatable bonds is 16. The molecule has 0 aromatic rings. The Labute approximate surface area is 211 Å². The largest absolute Gasteiger partial charge is 0.456 e. The zero-order valence-electron chi connectivity index (χ0n) is 21.7. The number of ether oxygens (including phenoxy) is 2. The molecule has 2 radical (unpaired) electrons. The fourth-order valence-electron chi connectivity index (χ4n) is 3.68. The van der Waals surface area contributed by atoms with E-state index in [4.69, 9.17) is 40.7 Å². The quantitative estimate of drug-likeness (QED) is 0.134. The lowest BCUT2D eigenvalue weighted by atomic mass is 9.94. The monoisotopic (exact) mass is 536 g/mol. The molecule has 1 aliphatic rings. The van der Waals surface area contributed by atoms with E-state index in [0.29, 0.717) is 0 Å². The summed E-state index contributed by atoms with van der Waals surface area (Å²) in [7, 11) is 0.549. The molecule has 0 spiro atoms. The first kappa shape index (κ1) is 32.4. The fraction of sp³-hybridized carbons (Fsp3) is 0.905. The van der Waals surface area contributed by atoms with Gasteiger partial charge in [-0.15, -0.1) is 0 Å². The van der Waals surface area contributed by atoms with Crippen LogP contribution in [0.1, 0.15) is 61.3 Å². The van der Waals surface area contributed by atoms with E-state index in [1.165, 1.54) is 6.92 Å². The normalized spacial score (nSPS) is 23.4. The van der Waals surface area contributed by atoms with E-state index in [9.17, 15) is 14.5 Å². The van der Waals surface area contributed by atoms with Gasteiger partial charge in [0.15, 0.2) is 11.9 Å². The summed E-state index contributed by atoms with van der Waals surface area (Å²) in [5, 5.41) is 19.8. The van der Waals surface area contributed by atoms with Gasteiger partial charge >= 0.3 is 13.6 Å². The van der Waals surface area contributed by atoms with Gasteiger partial charge in [-0.2, -0.15) is 5.26 Å². The van der Waals surface area contributed by atoms with E-state index in [1.54, 1.807) is 13.8 Å². The van der Waals surface area contributed by atoms with Crippen molar-refractivity contribution in [2.45, 2.75) is 104 Å². The minimum absolute atomic E-state index is 0.0163. The average Bonchev–Trinajstić information content (AvgIpc) is 3.11. The highest BCUT2D eigenvalue weighted by Gasteiger charge is 2.50. The first-order chi connectivity index (χ1) is 16.4. The van der Waals surface area contributed by atoms with Gasteiger partial charge in [0.2, 0.25) is 0 Å². The Morgan fingerprint density at radius 1 is 1.26 bits per heavy atom. The highest BCUT2D eigenvalue weighted by atomic mass is 31.2. The van der Waals surface area contributed by atoms with Crippen LogP contribution in [-0.2, 0) is 36.9 Å². The standard InChI is InChI=1S/C21H39BN2O9P2/c1-8-29-35(27,30-9-2)21(26)19(31-16(7)25)17-13-18(20(22)32-17)33-34(28-12-10-11-23)24(14(3)4)15(5)6/h14-15,17-21,26H,8-10,12-13H2,1-7H3/t17-,18-,19?,20+,21?,34?/m0/s1. The molecule has 1 fully saturated rings. The first-order valence-corrected chi connectivity index (χ1v) is 14.6.